The lowest BCUT2D eigenvalue weighted by Gasteiger charge is -2.14. The molecule has 2 heterocycles. The molecule has 0 saturated heterocycles. The second-order valence-corrected chi connectivity index (χ2v) is 5.58. The third kappa shape index (κ3) is 4.07. The van der Waals surface area contributed by atoms with Crippen LogP contribution in [0.1, 0.15) is 18.2 Å². The molecule has 0 unspecified atom stereocenters. The molecular formula is C20H21N3O2. The molecule has 2 aromatic heterocycles. The second kappa shape index (κ2) is 7.66. The summed E-state index contributed by atoms with van der Waals surface area (Å²) in [4.78, 5) is 8.56. The standard InChI is InChI=1S/C20H21N3O2/c1-4-15-12-19(14(2)22-20(15)24-3)23-16-7-9-17(10-8-16)25-18-6-5-11-21-13-18/h5-13,23H,4H2,1-3H3. The number of anilines is 2. The molecule has 128 valence electrons. The fourth-order valence-corrected chi connectivity index (χ4v) is 2.49. The summed E-state index contributed by atoms with van der Waals surface area (Å²) in [6, 6.07) is 13.6. The molecule has 5 nitrogen and oxygen atoms in total. The van der Waals surface area contributed by atoms with Crippen molar-refractivity contribution in [2.75, 3.05) is 12.4 Å². The molecule has 0 saturated carbocycles. The van der Waals surface area contributed by atoms with Crippen molar-refractivity contribution in [2.45, 2.75) is 20.3 Å². The molecular weight excluding hydrogens is 314 g/mol. The van der Waals surface area contributed by atoms with Crippen molar-refractivity contribution in [1.82, 2.24) is 9.97 Å². The maximum atomic E-state index is 5.75. The molecule has 0 aliphatic rings. The van der Waals surface area contributed by atoms with Crippen molar-refractivity contribution >= 4 is 11.4 Å². The van der Waals surface area contributed by atoms with E-state index in [9.17, 15) is 0 Å². The number of rotatable bonds is 6. The molecule has 0 radical (unpaired) electrons. The van der Waals surface area contributed by atoms with Gasteiger partial charge in [0.15, 0.2) is 0 Å². The Labute approximate surface area is 147 Å². The summed E-state index contributed by atoms with van der Waals surface area (Å²) in [6.07, 6.45) is 4.27. The summed E-state index contributed by atoms with van der Waals surface area (Å²) in [5.41, 5.74) is 3.91. The van der Waals surface area contributed by atoms with Crippen molar-refractivity contribution in [3.63, 3.8) is 0 Å². The molecule has 1 N–H and O–H groups in total. The maximum absolute atomic E-state index is 5.75. The van der Waals surface area contributed by atoms with Crippen molar-refractivity contribution in [2.24, 2.45) is 0 Å². The molecule has 0 bridgehead atoms. The molecule has 25 heavy (non-hydrogen) atoms. The zero-order valence-corrected chi connectivity index (χ0v) is 14.6. The highest BCUT2D eigenvalue weighted by Crippen LogP contribution is 2.28. The van der Waals surface area contributed by atoms with Gasteiger partial charge in [-0.2, -0.15) is 0 Å². The van der Waals surface area contributed by atoms with Gasteiger partial charge in [-0.25, -0.2) is 4.98 Å². The number of hydrogen-bond acceptors (Lipinski definition) is 5. The van der Waals surface area contributed by atoms with Gasteiger partial charge in [0.2, 0.25) is 5.88 Å². The molecule has 0 atom stereocenters. The number of nitrogens with one attached hydrogen (secondary N) is 1. The van der Waals surface area contributed by atoms with Gasteiger partial charge in [0.1, 0.15) is 11.5 Å². The first-order valence-corrected chi connectivity index (χ1v) is 8.19. The van der Waals surface area contributed by atoms with Crippen LogP contribution in [0.15, 0.2) is 54.9 Å². The van der Waals surface area contributed by atoms with Gasteiger partial charge in [0.25, 0.3) is 0 Å². The van der Waals surface area contributed by atoms with Crippen LogP contribution >= 0.6 is 0 Å². The quantitative estimate of drug-likeness (QED) is 0.695. The number of aromatic nitrogens is 2. The summed E-state index contributed by atoms with van der Waals surface area (Å²) in [7, 11) is 1.65. The summed E-state index contributed by atoms with van der Waals surface area (Å²) < 4.78 is 11.1. The first-order valence-electron chi connectivity index (χ1n) is 8.19. The highest BCUT2D eigenvalue weighted by molar-refractivity contribution is 5.64. The minimum atomic E-state index is 0.686. The van der Waals surface area contributed by atoms with Gasteiger partial charge >= 0.3 is 0 Å². The molecule has 5 heteroatoms. The van der Waals surface area contributed by atoms with E-state index >= 15 is 0 Å². The third-order valence-corrected chi connectivity index (χ3v) is 3.83. The molecule has 0 spiro atoms. The third-order valence-electron chi connectivity index (χ3n) is 3.83. The van der Waals surface area contributed by atoms with Gasteiger partial charge in [-0.15, -0.1) is 0 Å². The Balaban J connectivity index is 1.75. The van der Waals surface area contributed by atoms with Gasteiger partial charge in [0.05, 0.1) is 24.7 Å². The lowest BCUT2D eigenvalue weighted by Crippen LogP contribution is -2.01. The van der Waals surface area contributed by atoms with E-state index in [-0.39, 0.29) is 0 Å². The Morgan fingerprint density at radius 2 is 1.88 bits per heavy atom. The number of benzene rings is 1. The Kier molecular flexibility index (Phi) is 5.14. The normalized spacial score (nSPS) is 10.4. The summed E-state index contributed by atoms with van der Waals surface area (Å²) in [5, 5.41) is 3.40. The summed E-state index contributed by atoms with van der Waals surface area (Å²) in [5.74, 6) is 2.16. The van der Waals surface area contributed by atoms with Crippen LogP contribution in [-0.2, 0) is 6.42 Å². The summed E-state index contributed by atoms with van der Waals surface area (Å²) >= 11 is 0. The number of pyridine rings is 2. The van der Waals surface area contributed by atoms with Gasteiger partial charge in [-0.05, 0) is 55.8 Å². The topological polar surface area (TPSA) is 56.3 Å². The van der Waals surface area contributed by atoms with Crippen LogP contribution < -0.4 is 14.8 Å². The number of nitrogens with zero attached hydrogens (tertiary/aromatic N) is 2. The van der Waals surface area contributed by atoms with E-state index in [4.69, 9.17) is 9.47 Å². The van der Waals surface area contributed by atoms with Crippen LogP contribution in [0.5, 0.6) is 17.4 Å². The fraction of sp³-hybridized carbons (Fsp3) is 0.200. The van der Waals surface area contributed by atoms with Gasteiger partial charge in [-0.1, -0.05) is 6.92 Å². The highest BCUT2D eigenvalue weighted by Gasteiger charge is 2.09. The fourth-order valence-electron chi connectivity index (χ4n) is 2.49. The van der Waals surface area contributed by atoms with Crippen LogP contribution in [0.2, 0.25) is 0 Å². The average molecular weight is 335 g/mol. The van der Waals surface area contributed by atoms with Crippen LogP contribution in [-0.4, -0.2) is 17.1 Å². The monoisotopic (exact) mass is 335 g/mol. The molecule has 1 aromatic carbocycles. The molecule has 0 fully saturated rings. The van der Waals surface area contributed by atoms with Crippen LogP contribution in [0.3, 0.4) is 0 Å². The Bertz CT molecular complexity index is 834. The maximum Gasteiger partial charge on any atom is 0.216 e. The number of methoxy groups -OCH3 is 1. The van der Waals surface area contributed by atoms with Crippen molar-refractivity contribution in [3.05, 3.63) is 66.1 Å². The Morgan fingerprint density at radius 1 is 1.08 bits per heavy atom. The number of ether oxygens (including phenoxy) is 2. The lowest BCUT2D eigenvalue weighted by molar-refractivity contribution is 0.392. The lowest BCUT2D eigenvalue weighted by atomic mass is 10.1. The first-order chi connectivity index (χ1) is 12.2. The van der Waals surface area contributed by atoms with Crippen LogP contribution in [0.4, 0.5) is 11.4 Å². The van der Waals surface area contributed by atoms with E-state index in [0.717, 1.165) is 34.8 Å². The van der Waals surface area contributed by atoms with Gasteiger partial charge in [0, 0.05) is 17.4 Å². The van der Waals surface area contributed by atoms with E-state index < -0.39 is 0 Å². The van der Waals surface area contributed by atoms with E-state index in [2.05, 4.69) is 28.3 Å². The number of aryl methyl sites for hydroxylation is 2. The SMILES string of the molecule is CCc1cc(Nc2ccc(Oc3cccnc3)cc2)c(C)nc1OC. The largest absolute Gasteiger partial charge is 0.481 e. The zero-order valence-electron chi connectivity index (χ0n) is 14.6. The van der Waals surface area contributed by atoms with Crippen LogP contribution in [0.25, 0.3) is 0 Å². The molecule has 0 aliphatic heterocycles. The second-order valence-electron chi connectivity index (χ2n) is 5.58. The van der Waals surface area contributed by atoms with Crippen molar-refractivity contribution in [1.29, 1.82) is 0 Å². The minimum absolute atomic E-state index is 0.686. The smallest absolute Gasteiger partial charge is 0.216 e. The summed E-state index contributed by atoms with van der Waals surface area (Å²) in [6.45, 7) is 4.05. The molecule has 0 amide bonds. The van der Waals surface area contributed by atoms with Gasteiger partial charge < -0.3 is 14.8 Å². The number of hydrogen-bond donors (Lipinski definition) is 1. The average Bonchev–Trinajstić information content (AvgIpc) is 2.65. The molecule has 0 aliphatic carbocycles. The van der Waals surface area contributed by atoms with Crippen LogP contribution in [0, 0.1) is 6.92 Å². The van der Waals surface area contributed by atoms with Gasteiger partial charge in [-0.3, -0.25) is 4.98 Å². The zero-order chi connectivity index (χ0) is 17.6. The highest BCUT2D eigenvalue weighted by atomic mass is 16.5. The Morgan fingerprint density at radius 3 is 2.52 bits per heavy atom. The Hall–Kier alpha value is -3.08. The molecule has 3 rings (SSSR count). The van der Waals surface area contributed by atoms with Crippen molar-refractivity contribution in [3.8, 4) is 17.4 Å². The predicted molar refractivity (Wildman–Crippen MR) is 98.9 cm³/mol. The van der Waals surface area contributed by atoms with Crippen molar-refractivity contribution < 1.29 is 9.47 Å². The predicted octanol–water partition coefficient (Wildman–Crippen LogP) is 4.89. The van der Waals surface area contributed by atoms with E-state index in [0.29, 0.717) is 11.6 Å². The first kappa shape index (κ1) is 16.8. The molecule has 3 aromatic rings. The van der Waals surface area contributed by atoms with E-state index in [1.165, 1.54) is 0 Å². The minimum Gasteiger partial charge on any atom is -0.481 e. The van der Waals surface area contributed by atoms with E-state index in [1.807, 2.05) is 43.3 Å². The van der Waals surface area contributed by atoms with E-state index in [1.54, 1.807) is 19.5 Å².